The minimum absolute atomic E-state index is 0.501. The summed E-state index contributed by atoms with van der Waals surface area (Å²) in [6, 6.07) is 10.0. The largest absolute Gasteiger partial charge is 0.494 e. The Labute approximate surface area is 107 Å². The molecule has 1 heterocycles. The first-order chi connectivity index (χ1) is 8.65. The van der Waals surface area contributed by atoms with Crippen LogP contribution in [0.5, 0.6) is 5.75 Å². The van der Waals surface area contributed by atoms with E-state index in [0.717, 1.165) is 11.3 Å². The van der Waals surface area contributed by atoms with Gasteiger partial charge in [-0.05, 0) is 37.1 Å². The van der Waals surface area contributed by atoms with Crippen molar-refractivity contribution in [2.45, 2.75) is 13.8 Å². The van der Waals surface area contributed by atoms with Crippen molar-refractivity contribution in [1.29, 1.82) is 5.26 Å². The Morgan fingerprint density at radius 3 is 2.56 bits per heavy atom. The van der Waals surface area contributed by atoms with Gasteiger partial charge in [-0.1, -0.05) is 12.1 Å². The zero-order chi connectivity index (χ0) is 13.1. The van der Waals surface area contributed by atoms with Crippen molar-refractivity contribution in [3.63, 3.8) is 0 Å². The van der Waals surface area contributed by atoms with E-state index >= 15 is 0 Å². The van der Waals surface area contributed by atoms with Crippen molar-refractivity contribution in [3.8, 4) is 23.1 Å². The third-order valence-corrected chi connectivity index (χ3v) is 3.01. The van der Waals surface area contributed by atoms with Crippen molar-refractivity contribution >= 4 is 0 Å². The molecule has 2 aromatic rings. The van der Waals surface area contributed by atoms with Gasteiger partial charge >= 0.3 is 0 Å². The number of pyridine rings is 1. The molecule has 0 saturated heterocycles. The molecule has 90 valence electrons. The molecule has 3 nitrogen and oxygen atoms in total. The van der Waals surface area contributed by atoms with Gasteiger partial charge in [0.25, 0.3) is 0 Å². The third kappa shape index (κ3) is 2.18. The standard InChI is InChI=1S/C15H14N2O/c1-10-4-5-12(6-11(10)2)14-7-13(8-16)15(18-3)9-17-14/h4-7,9H,1-3H3. The van der Waals surface area contributed by atoms with Crippen LogP contribution >= 0.6 is 0 Å². The van der Waals surface area contributed by atoms with Crippen LogP contribution in [0.4, 0.5) is 0 Å². The Morgan fingerprint density at radius 2 is 1.94 bits per heavy atom. The van der Waals surface area contributed by atoms with Crippen molar-refractivity contribution in [3.05, 3.63) is 47.2 Å². The van der Waals surface area contributed by atoms with Gasteiger partial charge in [-0.2, -0.15) is 5.26 Å². The van der Waals surface area contributed by atoms with Gasteiger partial charge in [0.15, 0.2) is 5.75 Å². The molecular weight excluding hydrogens is 224 g/mol. The number of aryl methyl sites for hydroxylation is 2. The topological polar surface area (TPSA) is 45.9 Å². The van der Waals surface area contributed by atoms with E-state index in [4.69, 9.17) is 10.00 Å². The Kier molecular flexibility index (Phi) is 3.29. The third-order valence-electron chi connectivity index (χ3n) is 3.01. The lowest BCUT2D eigenvalue weighted by Crippen LogP contribution is -1.92. The van der Waals surface area contributed by atoms with E-state index in [1.54, 1.807) is 12.3 Å². The van der Waals surface area contributed by atoms with Gasteiger partial charge < -0.3 is 4.74 Å². The number of hydrogen-bond donors (Lipinski definition) is 0. The Hall–Kier alpha value is -2.34. The van der Waals surface area contributed by atoms with Crippen LogP contribution in [0, 0.1) is 25.2 Å². The van der Waals surface area contributed by atoms with E-state index in [0.29, 0.717) is 11.3 Å². The van der Waals surface area contributed by atoms with Crippen LogP contribution in [0.1, 0.15) is 16.7 Å². The number of benzene rings is 1. The van der Waals surface area contributed by atoms with Crippen LogP contribution in [0.25, 0.3) is 11.3 Å². The monoisotopic (exact) mass is 238 g/mol. The van der Waals surface area contributed by atoms with Gasteiger partial charge in [0.2, 0.25) is 0 Å². The molecule has 2 rings (SSSR count). The van der Waals surface area contributed by atoms with Crippen LogP contribution < -0.4 is 4.74 Å². The molecule has 0 aliphatic carbocycles. The molecule has 3 heteroatoms. The lowest BCUT2D eigenvalue weighted by Gasteiger charge is -2.07. The molecule has 18 heavy (non-hydrogen) atoms. The molecule has 1 aromatic carbocycles. The minimum Gasteiger partial charge on any atom is -0.494 e. The molecular formula is C15H14N2O. The average Bonchev–Trinajstić information content (AvgIpc) is 2.41. The molecule has 0 unspecified atom stereocenters. The van der Waals surface area contributed by atoms with Crippen molar-refractivity contribution in [1.82, 2.24) is 4.98 Å². The van der Waals surface area contributed by atoms with E-state index < -0.39 is 0 Å². The summed E-state index contributed by atoms with van der Waals surface area (Å²) < 4.78 is 5.08. The smallest absolute Gasteiger partial charge is 0.154 e. The fraction of sp³-hybridized carbons (Fsp3) is 0.200. The van der Waals surface area contributed by atoms with Crippen LogP contribution in [-0.4, -0.2) is 12.1 Å². The first kappa shape index (κ1) is 12.1. The highest BCUT2D eigenvalue weighted by atomic mass is 16.5. The number of methoxy groups -OCH3 is 1. The number of nitriles is 1. The molecule has 1 aromatic heterocycles. The highest BCUT2D eigenvalue weighted by Gasteiger charge is 2.07. The SMILES string of the molecule is COc1cnc(-c2ccc(C)c(C)c2)cc1C#N. The molecule has 0 radical (unpaired) electrons. The second-order valence-corrected chi connectivity index (χ2v) is 4.18. The molecule has 0 saturated carbocycles. The highest BCUT2D eigenvalue weighted by molar-refractivity contribution is 5.64. The molecule has 0 fully saturated rings. The van der Waals surface area contributed by atoms with Crippen LogP contribution in [-0.2, 0) is 0 Å². The lowest BCUT2D eigenvalue weighted by molar-refractivity contribution is 0.411. The summed E-state index contributed by atoms with van der Waals surface area (Å²) in [6.07, 6.45) is 1.59. The Balaban J connectivity index is 2.51. The fourth-order valence-electron chi connectivity index (χ4n) is 1.75. The van der Waals surface area contributed by atoms with Crippen molar-refractivity contribution in [2.24, 2.45) is 0 Å². The zero-order valence-corrected chi connectivity index (χ0v) is 10.7. The maximum absolute atomic E-state index is 9.06. The predicted octanol–water partition coefficient (Wildman–Crippen LogP) is 3.25. The number of hydrogen-bond acceptors (Lipinski definition) is 3. The summed E-state index contributed by atoms with van der Waals surface area (Å²) >= 11 is 0. The van der Waals surface area contributed by atoms with Gasteiger partial charge in [0.05, 0.1) is 24.6 Å². The number of rotatable bonds is 2. The summed E-state index contributed by atoms with van der Waals surface area (Å²) in [7, 11) is 1.54. The van der Waals surface area contributed by atoms with Gasteiger partial charge in [-0.25, -0.2) is 0 Å². The van der Waals surface area contributed by atoms with E-state index in [2.05, 4.69) is 37.0 Å². The summed E-state index contributed by atoms with van der Waals surface area (Å²) in [5, 5.41) is 9.06. The molecule has 0 amide bonds. The normalized spacial score (nSPS) is 9.89. The molecule has 0 spiro atoms. The summed E-state index contributed by atoms with van der Waals surface area (Å²) in [5.74, 6) is 0.505. The zero-order valence-electron chi connectivity index (χ0n) is 10.7. The second-order valence-electron chi connectivity index (χ2n) is 4.18. The van der Waals surface area contributed by atoms with Crippen LogP contribution in [0.3, 0.4) is 0 Å². The molecule has 0 atom stereocenters. The quantitative estimate of drug-likeness (QED) is 0.806. The average molecular weight is 238 g/mol. The summed E-state index contributed by atoms with van der Waals surface area (Å²) in [6.45, 7) is 4.13. The number of aromatic nitrogens is 1. The first-order valence-electron chi connectivity index (χ1n) is 5.67. The van der Waals surface area contributed by atoms with Crippen molar-refractivity contribution in [2.75, 3.05) is 7.11 Å². The Bertz CT molecular complexity index is 627. The maximum Gasteiger partial charge on any atom is 0.154 e. The lowest BCUT2D eigenvalue weighted by atomic mass is 10.0. The molecule has 0 bridgehead atoms. The second kappa shape index (κ2) is 4.89. The maximum atomic E-state index is 9.06. The van der Waals surface area contributed by atoms with E-state index in [9.17, 15) is 0 Å². The number of nitrogens with zero attached hydrogens (tertiary/aromatic N) is 2. The highest BCUT2D eigenvalue weighted by Crippen LogP contribution is 2.24. The Morgan fingerprint density at radius 1 is 1.17 bits per heavy atom. The van der Waals surface area contributed by atoms with Crippen molar-refractivity contribution < 1.29 is 4.74 Å². The molecule has 0 N–H and O–H groups in total. The summed E-state index contributed by atoms with van der Waals surface area (Å²) in [5.41, 5.74) is 4.75. The van der Waals surface area contributed by atoms with Gasteiger partial charge in [-0.15, -0.1) is 0 Å². The van der Waals surface area contributed by atoms with Crippen LogP contribution in [0.2, 0.25) is 0 Å². The van der Waals surface area contributed by atoms with E-state index in [-0.39, 0.29) is 0 Å². The van der Waals surface area contributed by atoms with Gasteiger partial charge in [-0.3, -0.25) is 4.98 Å². The van der Waals surface area contributed by atoms with E-state index in [1.165, 1.54) is 18.2 Å². The first-order valence-corrected chi connectivity index (χ1v) is 5.67. The predicted molar refractivity (Wildman–Crippen MR) is 70.4 cm³/mol. The van der Waals surface area contributed by atoms with Crippen LogP contribution in [0.15, 0.2) is 30.5 Å². The van der Waals surface area contributed by atoms with Gasteiger partial charge in [0.1, 0.15) is 6.07 Å². The fourth-order valence-corrected chi connectivity index (χ4v) is 1.75. The molecule has 0 aliphatic heterocycles. The summed E-state index contributed by atoms with van der Waals surface area (Å²) in [4.78, 5) is 4.32. The van der Waals surface area contributed by atoms with Gasteiger partial charge in [0, 0.05) is 5.56 Å². The minimum atomic E-state index is 0.501. The number of ether oxygens (including phenoxy) is 1. The molecule has 0 aliphatic rings. The van der Waals surface area contributed by atoms with E-state index in [1.807, 2.05) is 6.07 Å².